The van der Waals surface area contributed by atoms with Gasteiger partial charge in [0.1, 0.15) is 0 Å². The van der Waals surface area contributed by atoms with Crippen molar-refractivity contribution >= 4 is 5.97 Å². The fraction of sp³-hybridized carbons (Fsp3) is 0.750. The summed E-state index contributed by atoms with van der Waals surface area (Å²) in [6.45, 7) is 8.20. The molecule has 1 saturated heterocycles. The van der Waals surface area contributed by atoms with Crippen molar-refractivity contribution in [2.24, 2.45) is 0 Å². The molecule has 86 valence electrons. The lowest BCUT2D eigenvalue weighted by Gasteiger charge is -2.23. The van der Waals surface area contributed by atoms with Gasteiger partial charge >= 0.3 is 5.97 Å². The number of carbonyl (C=O) groups is 1. The van der Waals surface area contributed by atoms with E-state index in [1.54, 1.807) is 6.92 Å². The van der Waals surface area contributed by atoms with Gasteiger partial charge in [0.05, 0.1) is 0 Å². The quantitative estimate of drug-likeness (QED) is 0.712. The maximum atomic E-state index is 10.9. The molecule has 3 nitrogen and oxygen atoms in total. The van der Waals surface area contributed by atoms with E-state index in [4.69, 9.17) is 5.11 Å². The van der Waals surface area contributed by atoms with E-state index < -0.39 is 5.97 Å². The molecule has 0 aromatic rings. The molecule has 1 rings (SSSR count). The molecule has 0 spiro atoms. The second-order valence-electron chi connectivity index (χ2n) is 4.52. The summed E-state index contributed by atoms with van der Waals surface area (Å²) in [5.74, 6) is -0.761. The summed E-state index contributed by atoms with van der Waals surface area (Å²) in [7, 11) is 0. The first-order valence-corrected chi connectivity index (χ1v) is 5.68. The number of rotatable bonds is 2. The molecule has 1 aliphatic heterocycles. The number of carboxylic acid groups (broad SMARTS) is 1. The summed E-state index contributed by atoms with van der Waals surface area (Å²) in [5.41, 5.74) is 1.69. The van der Waals surface area contributed by atoms with Crippen LogP contribution in [0.2, 0.25) is 0 Å². The normalized spacial score (nSPS) is 22.7. The van der Waals surface area contributed by atoms with E-state index in [-0.39, 0.29) is 0 Å². The summed E-state index contributed by atoms with van der Waals surface area (Å²) in [6, 6.07) is 0.564. The van der Waals surface area contributed by atoms with Crippen LogP contribution in [0, 0.1) is 0 Å². The van der Waals surface area contributed by atoms with Gasteiger partial charge in [0.15, 0.2) is 0 Å². The molecule has 1 N–H and O–H groups in total. The Kier molecular flexibility index (Phi) is 4.33. The van der Waals surface area contributed by atoms with Crippen molar-refractivity contribution in [1.82, 2.24) is 4.90 Å². The zero-order valence-electron chi connectivity index (χ0n) is 9.92. The minimum atomic E-state index is -0.761. The lowest BCUT2D eigenvalue weighted by molar-refractivity contribution is -0.132. The monoisotopic (exact) mass is 211 g/mol. The molecule has 1 aliphatic rings. The zero-order valence-corrected chi connectivity index (χ0v) is 9.92. The maximum absolute atomic E-state index is 10.9. The van der Waals surface area contributed by atoms with Gasteiger partial charge in [-0.1, -0.05) is 5.57 Å². The van der Waals surface area contributed by atoms with E-state index in [0.717, 1.165) is 37.9 Å². The van der Waals surface area contributed by atoms with Gasteiger partial charge in [0.2, 0.25) is 0 Å². The first-order chi connectivity index (χ1) is 7.02. The van der Waals surface area contributed by atoms with E-state index in [9.17, 15) is 4.79 Å². The summed E-state index contributed by atoms with van der Waals surface area (Å²) in [6.07, 6.45) is 2.94. The molecule has 0 aromatic carbocycles. The Morgan fingerprint density at radius 1 is 1.33 bits per heavy atom. The molecule has 0 saturated carbocycles. The lowest BCUT2D eigenvalue weighted by Crippen LogP contribution is -2.31. The molecule has 0 aromatic heterocycles. The third-order valence-electron chi connectivity index (χ3n) is 3.21. The standard InChI is InChI=1S/C12H21NO2/c1-9(2)13-7-4-5-11(6-8-13)10(3)12(14)15/h9H,4-8H2,1-3H3,(H,14,15)/b11-10+. The molecule has 1 heterocycles. The smallest absolute Gasteiger partial charge is 0.331 e. The molecule has 3 heteroatoms. The SMILES string of the molecule is C/C(C(=O)O)=C1/CCCN(C(C)C)CC1. The molecule has 15 heavy (non-hydrogen) atoms. The highest BCUT2D eigenvalue weighted by molar-refractivity contribution is 5.86. The predicted molar refractivity (Wildman–Crippen MR) is 60.9 cm³/mol. The third kappa shape index (κ3) is 3.34. The van der Waals surface area contributed by atoms with Gasteiger partial charge in [-0.25, -0.2) is 4.79 Å². The summed E-state index contributed by atoms with van der Waals surface area (Å²) >= 11 is 0. The van der Waals surface area contributed by atoms with E-state index >= 15 is 0 Å². The molecule has 0 atom stereocenters. The second-order valence-corrected chi connectivity index (χ2v) is 4.52. The number of likely N-dealkylation sites (tertiary alicyclic amines) is 1. The van der Waals surface area contributed by atoms with Gasteiger partial charge in [-0.2, -0.15) is 0 Å². The van der Waals surface area contributed by atoms with E-state index in [1.165, 1.54) is 0 Å². The van der Waals surface area contributed by atoms with Gasteiger partial charge in [-0.15, -0.1) is 0 Å². The highest BCUT2D eigenvalue weighted by atomic mass is 16.4. The highest BCUT2D eigenvalue weighted by Gasteiger charge is 2.17. The highest BCUT2D eigenvalue weighted by Crippen LogP contribution is 2.21. The van der Waals surface area contributed by atoms with Crippen molar-refractivity contribution in [1.29, 1.82) is 0 Å². The Labute approximate surface area is 91.8 Å². The van der Waals surface area contributed by atoms with Crippen molar-refractivity contribution in [3.63, 3.8) is 0 Å². The van der Waals surface area contributed by atoms with Gasteiger partial charge in [-0.3, -0.25) is 0 Å². The largest absolute Gasteiger partial charge is 0.478 e. The van der Waals surface area contributed by atoms with Crippen molar-refractivity contribution < 1.29 is 9.90 Å². The van der Waals surface area contributed by atoms with Crippen LogP contribution in [-0.4, -0.2) is 35.1 Å². The first kappa shape index (κ1) is 12.2. The summed E-state index contributed by atoms with van der Waals surface area (Å²) in [5, 5.41) is 8.93. The molecule has 0 radical (unpaired) electrons. The average molecular weight is 211 g/mol. The Hall–Kier alpha value is -0.830. The Bertz CT molecular complexity index is 269. The molecule has 0 amide bonds. The molecule has 1 fully saturated rings. The minimum Gasteiger partial charge on any atom is -0.478 e. The van der Waals surface area contributed by atoms with Crippen molar-refractivity contribution in [3.05, 3.63) is 11.1 Å². The Morgan fingerprint density at radius 2 is 2.00 bits per heavy atom. The summed E-state index contributed by atoms with van der Waals surface area (Å²) in [4.78, 5) is 13.3. The first-order valence-electron chi connectivity index (χ1n) is 5.68. The number of hydrogen-bond acceptors (Lipinski definition) is 2. The van der Waals surface area contributed by atoms with Crippen molar-refractivity contribution in [3.8, 4) is 0 Å². The predicted octanol–water partition coefficient (Wildman–Crippen LogP) is 2.28. The Morgan fingerprint density at radius 3 is 2.53 bits per heavy atom. The fourth-order valence-corrected chi connectivity index (χ4v) is 2.05. The van der Waals surface area contributed by atoms with Crippen LogP contribution in [0.15, 0.2) is 11.1 Å². The van der Waals surface area contributed by atoms with Crippen LogP contribution >= 0.6 is 0 Å². The van der Waals surface area contributed by atoms with E-state index in [1.807, 2.05) is 0 Å². The number of aliphatic carboxylic acids is 1. The van der Waals surface area contributed by atoms with Gasteiger partial charge in [-0.05, 0) is 46.6 Å². The van der Waals surface area contributed by atoms with Crippen LogP contribution in [0.25, 0.3) is 0 Å². The average Bonchev–Trinajstić information content (AvgIpc) is 2.41. The third-order valence-corrected chi connectivity index (χ3v) is 3.21. The van der Waals surface area contributed by atoms with Crippen LogP contribution in [0.1, 0.15) is 40.0 Å². The van der Waals surface area contributed by atoms with E-state index in [2.05, 4.69) is 18.7 Å². The van der Waals surface area contributed by atoms with Gasteiger partial charge < -0.3 is 10.0 Å². The van der Waals surface area contributed by atoms with Crippen LogP contribution in [0.3, 0.4) is 0 Å². The Balaban J connectivity index is 2.68. The zero-order chi connectivity index (χ0) is 11.4. The van der Waals surface area contributed by atoms with Gasteiger partial charge in [0, 0.05) is 18.2 Å². The number of hydrogen-bond donors (Lipinski definition) is 1. The fourth-order valence-electron chi connectivity index (χ4n) is 2.05. The second kappa shape index (κ2) is 5.31. The minimum absolute atomic E-state index is 0.556. The van der Waals surface area contributed by atoms with Gasteiger partial charge in [0.25, 0.3) is 0 Å². The summed E-state index contributed by atoms with van der Waals surface area (Å²) < 4.78 is 0. The molecule has 0 bridgehead atoms. The topological polar surface area (TPSA) is 40.5 Å². The molecular weight excluding hydrogens is 190 g/mol. The molecule has 0 unspecified atom stereocenters. The van der Waals surface area contributed by atoms with Crippen LogP contribution < -0.4 is 0 Å². The molecular formula is C12H21NO2. The van der Waals surface area contributed by atoms with Crippen molar-refractivity contribution in [2.45, 2.75) is 46.1 Å². The van der Waals surface area contributed by atoms with E-state index in [0.29, 0.717) is 11.6 Å². The van der Waals surface area contributed by atoms with Crippen molar-refractivity contribution in [2.75, 3.05) is 13.1 Å². The molecule has 0 aliphatic carbocycles. The maximum Gasteiger partial charge on any atom is 0.331 e. The van der Waals surface area contributed by atoms with Crippen LogP contribution in [0.4, 0.5) is 0 Å². The number of carboxylic acids is 1. The lowest BCUT2D eigenvalue weighted by atomic mass is 10.0. The number of nitrogens with zero attached hydrogens (tertiary/aromatic N) is 1. The van der Waals surface area contributed by atoms with Crippen LogP contribution in [0.5, 0.6) is 0 Å². The van der Waals surface area contributed by atoms with Crippen LogP contribution in [-0.2, 0) is 4.79 Å².